The number of benzene rings is 6. The van der Waals surface area contributed by atoms with Crippen LogP contribution in [0.5, 0.6) is 11.5 Å². The third kappa shape index (κ3) is 7.57. The van der Waals surface area contributed by atoms with E-state index in [1.54, 1.807) is 30.3 Å². The molecule has 2 amide bonds. The smallest absolute Gasteiger partial charge is 0.326 e. The number of carboxylic acid groups (broad SMARTS) is 1. The molecule has 0 bridgehead atoms. The van der Waals surface area contributed by atoms with Gasteiger partial charge in [0.15, 0.2) is 0 Å². The number of fused-ring (bicyclic) bond motifs is 1. The number of amides is 2. The van der Waals surface area contributed by atoms with Gasteiger partial charge in [0.1, 0.15) is 17.5 Å². The molecule has 6 rings (SSSR count). The van der Waals surface area contributed by atoms with Gasteiger partial charge in [-0.25, -0.2) is 4.79 Å². The summed E-state index contributed by atoms with van der Waals surface area (Å²) in [5, 5.41) is 17.4. The molecule has 6 aromatic rings. The van der Waals surface area contributed by atoms with Crippen molar-refractivity contribution in [3.8, 4) is 22.6 Å². The van der Waals surface area contributed by atoms with Crippen molar-refractivity contribution in [1.29, 1.82) is 0 Å². The van der Waals surface area contributed by atoms with Gasteiger partial charge in [-0.1, -0.05) is 107 Å². The fourth-order valence-electron chi connectivity index (χ4n) is 5.24. The fourth-order valence-corrected chi connectivity index (χ4v) is 5.60. The third-order valence-electron chi connectivity index (χ3n) is 7.65. The van der Waals surface area contributed by atoms with Crippen LogP contribution in [0.25, 0.3) is 21.9 Å². The number of hydrogen-bond donors (Lipinski definition) is 3. The van der Waals surface area contributed by atoms with Crippen LogP contribution in [0.3, 0.4) is 0 Å². The summed E-state index contributed by atoms with van der Waals surface area (Å²) in [4.78, 5) is 38.9. The van der Waals surface area contributed by atoms with Crippen LogP contribution in [0.1, 0.15) is 26.3 Å². The molecule has 0 heterocycles. The summed E-state index contributed by atoms with van der Waals surface area (Å²) in [6.07, 6.45) is 0.0519. The standard InChI is InChI=1S/C39H29BrN2O5/c40-30-20-21-34(41-37(43)29-19-18-26-8-4-5-9-28(26)23-29)33(24-30)38(44)42-35(39(45)46)22-25-14-16-27(17-15-25)32-12-6-7-13-36(32)47-31-10-2-1-3-11-31/h1-21,23-24,35H,22H2,(H,41,43)(H,42,44)(H,45,46). The SMILES string of the molecule is O=C(Nc1ccc(Br)cc1C(=O)NC(Cc1ccc(-c2ccccc2Oc2ccccc2)cc1)C(=O)O)c1ccc2ccccc2c1. The van der Waals surface area contributed by atoms with Gasteiger partial charge in [-0.15, -0.1) is 0 Å². The molecule has 0 aliphatic carbocycles. The van der Waals surface area contributed by atoms with Crippen LogP contribution < -0.4 is 15.4 Å². The van der Waals surface area contributed by atoms with Crippen LogP contribution in [0.2, 0.25) is 0 Å². The Labute approximate surface area is 280 Å². The summed E-state index contributed by atoms with van der Waals surface area (Å²) in [6, 6.07) is 41.4. The Balaban J connectivity index is 1.17. The van der Waals surface area contributed by atoms with Crippen molar-refractivity contribution in [2.45, 2.75) is 12.5 Å². The summed E-state index contributed by atoms with van der Waals surface area (Å²) in [5.41, 5.74) is 3.33. The topological polar surface area (TPSA) is 105 Å². The summed E-state index contributed by atoms with van der Waals surface area (Å²) in [7, 11) is 0. The van der Waals surface area contributed by atoms with Crippen molar-refractivity contribution >= 4 is 50.2 Å². The van der Waals surface area contributed by atoms with E-state index in [1.807, 2.05) is 109 Å². The van der Waals surface area contributed by atoms with Gasteiger partial charge < -0.3 is 20.5 Å². The average molecular weight is 686 g/mol. The molecule has 7 nitrogen and oxygen atoms in total. The largest absolute Gasteiger partial charge is 0.480 e. The van der Waals surface area contributed by atoms with Crippen LogP contribution in [-0.2, 0) is 11.2 Å². The van der Waals surface area contributed by atoms with Crippen LogP contribution >= 0.6 is 15.9 Å². The number of para-hydroxylation sites is 2. The Morgan fingerprint density at radius 1 is 0.702 bits per heavy atom. The minimum Gasteiger partial charge on any atom is -0.480 e. The predicted octanol–water partition coefficient (Wildman–Crippen LogP) is 8.74. The Morgan fingerprint density at radius 3 is 2.17 bits per heavy atom. The quantitative estimate of drug-likeness (QED) is 0.134. The molecular formula is C39H29BrN2O5. The summed E-state index contributed by atoms with van der Waals surface area (Å²) < 4.78 is 6.71. The molecule has 0 aliphatic rings. The van der Waals surface area contributed by atoms with Crippen molar-refractivity contribution in [3.05, 3.63) is 161 Å². The molecule has 1 atom stereocenters. The lowest BCUT2D eigenvalue weighted by molar-refractivity contribution is -0.139. The minimum atomic E-state index is -1.22. The number of halogens is 1. The van der Waals surface area contributed by atoms with E-state index in [0.717, 1.165) is 33.2 Å². The second kappa shape index (κ2) is 14.1. The maximum absolute atomic E-state index is 13.5. The van der Waals surface area contributed by atoms with Crippen LogP contribution in [0, 0.1) is 0 Å². The van der Waals surface area contributed by atoms with Crippen molar-refractivity contribution in [1.82, 2.24) is 5.32 Å². The monoisotopic (exact) mass is 684 g/mol. The van der Waals surface area contributed by atoms with Gasteiger partial charge in [0.05, 0.1) is 11.3 Å². The zero-order chi connectivity index (χ0) is 32.8. The number of nitrogens with one attached hydrogen (secondary N) is 2. The van der Waals surface area contributed by atoms with Crippen molar-refractivity contribution < 1.29 is 24.2 Å². The van der Waals surface area contributed by atoms with Crippen molar-refractivity contribution in [2.24, 2.45) is 0 Å². The maximum Gasteiger partial charge on any atom is 0.326 e. The highest BCUT2D eigenvalue weighted by molar-refractivity contribution is 9.10. The van der Waals surface area contributed by atoms with Crippen LogP contribution in [0.4, 0.5) is 5.69 Å². The molecule has 8 heteroatoms. The molecule has 0 radical (unpaired) electrons. The number of hydrogen-bond acceptors (Lipinski definition) is 4. The molecule has 3 N–H and O–H groups in total. The number of ether oxygens (including phenoxy) is 1. The van der Waals surface area contributed by atoms with E-state index in [-0.39, 0.29) is 17.7 Å². The highest BCUT2D eigenvalue weighted by Crippen LogP contribution is 2.33. The number of carbonyl (C=O) groups excluding carboxylic acids is 2. The molecule has 47 heavy (non-hydrogen) atoms. The van der Waals surface area contributed by atoms with E-state index < -0.39 is 23.8 Å². The molecule has 0 fully saturated rings. The van der Waals surface area contributed by atoms with Crippen LogP contribution in [-0.4, -0.2) is 28.9 Å². The number of carbonyl (C=O) groups is 3. The molecular weight excluding hydrogens is 656 g/mol. The molecule has 0 aliphatic heterocycles. The molecule has 0 spiro atoms. The van der Waals surface area contributed by atoms with Crippen LogP contribution in [0.15, 0.2) is 144 Å². The normalized spacial score (nSPS) is 11.4. The third-order valence-corrected chi connectivity index (χ3v) is 8.15. The Morgan fingerprint density at radius 2 is 1.40 bits per heavy atom. The first kappa shape index (κ1) is 31.3. The number of anilines is 1. The van der Waals surface area contributed by atoms with E-state index in [4.69, 9.17) is 4.74 Å². The lowest BCUT2D eigenvalue weighted by Gasteiger charge is -2.17. The Kier molecular flexibility index (Phi) is 9.41. The molecule has 6 aromatic carbocycles. The number of carboxylic acids is 1. The first-order valence-corrected chi connectivity index (χ1v) is 15.7. The van der Waals surface area contributed by atoms with Gasteiger partial charge in [-0.2, -0.15) is 0 Å². The fraction of sp³-hybridized carbons (Fsp3) is 0.0513. The molecule has 0 aromatic heterocycles. The summed E-state index contributed by atoms with van der Waals surface area (Å²) in [6.45, 7) is 0. The first-order chi connectivity index (χ1) is 22.8. The number of aliphatic carboxylic acids is 1. The van der Waals surface area contributed by atoms with Gasteiger partial charge in [-0.3, -0.25) is 9.59 Å². The first-order valence-electron chi connectivity index (χ1n) is 14.9. The minimum absolute atomic E-state index is 0.0519. The van der Waals surface area contributed by atoms with Gasteiger partial charge in [-0.05, 0) is 70.4 Å². The zero-order valence-corrected chi connectivity index (χ0v) is 26.6. The van der Waals surface area contributed by atoms with Gasteiger partial charge >= 0.3 is 5.97 Å². The molecule has 1 unspecified atom stereocenters. The van der Waals surface area contributed by atoms with Gasteiger partial charge in [0.25, 0.3) is 11.8 Å². The van der Waals surface area contributed by atoms with E-state index >= 15 is 0 Å². The maximum atomic E-state index is 13.5. The van der Waals surface area contributed by atoms with E-state index in [1.165, 1.54) is 0 Å². The molecule has 232 valence electrons. The molecule has 0 saturated heterocycles. The van der Waals surface area contributed by atoms with Gasteiger partial charge in [0.2, 0.25) is 0 Å². The van der Waals surface area contributed by atoms with E-state index in [9.17, 15) is 19.5 Å². The Bertz CT molecular complexity index is 2080. The van der Waals surface area contributed by atoms with Crippen molar-refractivity contribution in [3.63, 3.8) is 0 Å². The van der Waals surface area contributed by atoms with E-state index in [0.29, 0.717) is 15.8 Å². The summed E-state index contributed by atoms with van der Waals surface area (Å²) >= 11 is 3.38. The van der Waals surface area contributed by atoms with Crippen molar-refractivity contribution in [2.75, 3.05) is 5.32 Å². The second-order valence-electron chi connectivity index (χ2n) is 10.9. The number of rotatable bonds is 10. The Hall–Kier alpha value is -5.73. The highest BCUT2D eigenvalue weighted by atomic mass is 79.9. The predicted molar refractivity (Wildman–Crippen MR) is 187 cm³/mol. The van der Waals surface area contributed by atoms with Gasteiger partial charge in [0, 0.05) is 22.0 Å². The van der Waals surface area contributed by atoms with E-state index in [2.05, 4.69) is 26.6 Å². The highest BCUT2D eigenvalue weighted by Gasteiger charge is 2.24. The summed E-state index contributed by atoms with van der Waals surface area (Å²) in [5.74, 6) is -0.784. The molecule has 0 saturated carbocycles. The average Bonchev–Trinajstić information content (AvgIpc) is 3.09. The lowest BCUT2D eigenvalue weighted by atomic mass is 9.99. The second-order valence-corrected chi connectivity index (χ2v) is 11.8. The lowest BCUT2D eigenvalue weighted by Crippen LogP contribution is -2.42. The zero-order valence-electron chi connectivity index (χ0n) is 25.0.